The normalized spacial score (nSPS) is 18.2. The topological polar surface area (TPSA) is 64.0 Å². The smallest absolute Gasteiger partial charge is 0.306 e. The number of aliphatic hydroxyl groups is 1. The van der Waals surface area contributed by atoms with Gasteiger partial charge in [-0.2, -0.15) is 0 Å². The molecule has 0 bridgehead atoms. The van der Waals surface area contributed by atoms with Crippen LogP contribution in [0.15, 0.2) is 0 Å². The zero-order valence-corrected chi connectivity index (χ0v) is 16.1. The van der Waals surface area contributed by atoms with Crippen LogP contribution in [0.1, 0.15) is 47.5 Å². The van der Waals surface area contributed by atoms with E-state index >= 15 is 0 Å². The summed E-state index contributed by atoms with van der Waals surface area (Å²) in [5.41, 5.74) is 0. The van der Waals surface area contributed by atoms with Crippen LogP contribution >= 0.6 is 0 Å². The molecule has 0 aromatic heterocycles. The van der Waals surface area contributed by atoms with Gasteiger partial charge in [0.2, 0.25) is 0 Å². The molecule has 1 aliphatic rings. The molecule has 22 heavy (non-hydrogen) atoms. The molecule has 0 saturated carbocycles. The fourth-order valence-corrected chi connectivity index (χ4v) is 1.75. The van der Waals surface area contributed by atoms with Crippen LogP contribution in [0.25, 0.3) is 0 Å². The summed E-state index contributed by atoms with van der Waals surface area (Å²) in [6, 6.07) is 0. The molecular formula is C17H40N2O3. The predicted molar refractivity (Wildman–Crippen MR) is 95.4 cm³/mol. The number of aliphatic hydroxyl groups excluding tert-OH is 1. The minimum absolute atomic E-state index is 0.220. The lowest BCUT2D eigenvalue weighted by Crippen LogP contribution is -2.19. The maximum absolute atomic E-state index is 10.3. The molecule has 1 aliphatic heterocycles. The average Bonchev–Trinajstić information content (AvgIpc) is 2.95. The molecule has 1 fully saturated rings. The van der Waals surface area contributed by atoms with Crippen molar-refractivity contribution in [2.75, 3.05) is 47.4 Å². The molecule has 0 amide bonds. The van der Waals surface area contributed by atoms with Crippen molar-refractivity contribution >= 4 is 5.97 Å². The second-order valence-corrected chi connectivity index (χ2v) is 5.43. The van der Waals surface area contributed by atoms with Crippen molar-refractivity contribution in [3.8, 4) is 0 Å². The number of carboxylic acids is 1. The number of hydrogen-bond donors (Lipinski definition) is 2. The highest BCUT2D eigenvalue weighted by molar-refractivity contribution is 5.69. The van der Waals surface area contributed by atoms with Gasteiger partial charge >= 0.3 is 5.97 Å². The molecule has 0 aliphatic carbocycles. The minimum atomic E-state index is -0.707. The van der Waals surface area contributed by atoms with E-state index < -0.39 is 5.97 Å². The monoisotopic (exact) mass is 320 g/mol. The summed E-state index contributed by atoms with van der Waals surface area (Å²) in [7, 11) is 5.97. The van der Waals surface area contributed by atoms with Gasteiger partial charge in [-0.3, -0.25) is 4.79 Å². The number of likely N-dealkylation sites (tertiary alicyclic amines) is 1. The van der Waals surface area contributed by atoms with Crippen LogP contribution in [0.4, 0.5) is 0 Å². The van der Waals surface area contributed by atoms with E-state index in [0.29, 0.717) is 12.5 Å². The molecule has 5 heteroatoms. The fourth-order valence-electron chi connectivity index (χ4n) is 1.75. The van der Waals surface area contributed by atoms with Crippen molar-refractivity contribution in [3.63, 3.8) is 0 Å². The number of nitrogens with zero attached hydrogens (tertiary/aromatic N) is 2. The molecule has 2 N–H and O–H groups in total. The molecule has 2 atom stereocenters. The van der Waals surface area contributed by atoms with Crippen LogP contribution < -0.4 is 0 Å². The molecule has 0 radical (unpaired) electrons. The molecule has 0 spiro atoms. The van der Waals surface area contributed by atoms with Gasteiger partial charge in [0.25, 0.3) is 0 Å². The van der Waals surface area contributed by atoms with Crippen molar-refractivity contribution in [1.82, 2.24) is 9.80 Å². The Bertz CT molecular complexity index is 236. The van der Waals surface area contributed by atoms with Crippen molar-refractivity contribution in [2.45, 2.75) is 47.5 Å². The lowest BCUT2D eigenvalue weighted by Gasteiger charge is -2.10. The van der Waals surface area contributed by atoms with Crippen molar-refractivity contribution in [3.05, 3.63) is 0 Å². The van der Waals surface area contributed by atoms with Crippen LogP contribution in [-0.4, -0.2) is 73.4 Å². The van der Waals surface area contributed by atoms with Gasteiger partial charge in [0.1, 0.15) is 0 Å². The number of carboxylic acid groups (broad SMARTS) is 1. The molecule has 1 rings (SSSR count). The predicted octanol–water partition coefficient (Wildman–Crippen LogP) is 2.64. The first-order chi connectivity index (χ1) is 10.4. The standard InChI is InChI=1S/C7H15NO2.C6H13NO.2C2H6/c1-6(7(9)10)4-5-8(2)3;1-7-3-2-6(4-7)5-8;2*1-2/h6H,4-5H2,1-3H3,(H,9,10);6,8H,2-5H2,1H3;2*1-2H3. The maximum atomic E-state index is 10.3. The number of aliphatic carboxylic acids is 1. The van der Waals surface area contributed by atoms with Crippen LogP contribution in [-0.2, 0) is 4.79 Å². The third-order valence-corrected chi connectivity index (χ3v) is 3.18. The second-order valence-electron chi connectivity index (χ2n) is 5.43. The highest BCUT2D eigenvalue weighted by atomic mass is 16.4. The molecule has 1 heterocycles. The molecular weight excluding hydrogens is 280 g/mol. The Morgan fingerprint density at radius 3 is 2.00 bits per heavy atom. The number of hydrogen-bond acceptors (Lipinski definition) is 4. The number of carbonyl (C=O) groups is 1. The van der Waals surface area contributed by atoms with Gasteiger partial charge in [0.05, 0.1) is 5.92 Å². The quantitative estimate of drug-likeness (QED) is 0.815. The van der Waals surface area contributed by atoms with Gasteiger partial charge in [-0.15, -0.1) is 0 Å². The Kier molecular flexibility index (Phi) is 22.0. The maximum Gasteiger partial charge on any atom is 0.306 e. The van der Waals surface area contributed by atoms with E-state index in [1.807, 2.05) is 46.7 Å². The molecule has 1 saturated heterocycles. The first-order valence-corrected chi connectivity index (χ1v) is 8.53. The molecule has 0 aromatic carbocycles. The van der Waals surface area contributed by atoms with Gasteiger partial charge in [0.15, 0.2) is 0 Å². The third-order valence-electron chi connectivity index (χ3n) is 3.18. The van der Waals surface area contributed by atoms with Crippen LogP contribution in [0.5, 0.6) is 0 Å². The van der Waals surface area contributed by atoms with Gasteiger partial charge in [-0.05, 0) is 53.0 Å². The summed E-state index contributed by atoms with van der Waals surface area (Å²) in [6.07, 6.45) is 1.90. The molecule has 5 nitrogen and oxygen atoms in total. The fraction of sp³-hybridized carbons (Fsp3) is 0.941. The second kappa shape index (κ2) is 18.4. The van der Waals surface area contributed by atoms with E-state index in [-0.39, 0.29) is 5.92 Å². The third kappa shape index (κ3) is 17.4. The van der Waals surface area contributed by atoms with Gasteiger partial charge in [-0.1, -0.05) is 34.6 Å². The van der Waals surface area contributed by atoms with E-state index in [1.165, 1.54) is 6.42 Å². The molecule has 0 aromatic rings. The van der Waals surface area contributed by atoms with Crippen molar-refractivity contribution < 1.29 is 15.0 Å². The van der Waals surface area contributed by atoms with Crippen LogP contribution in [0.2, 0.25) is 0 Å². The lowest BCUT2D eigenvalue weighted by molar-refractivity contribution is -0.141. The van der Waals surface area contributed by atoms with Crippen LogP contribution in [0.3, 0.4) is 0 Å². The summed E-state index contributed by atoms with van der Waals surface area (Å²) in [6.45, 7) is 13.2. The summed E-state index contributed by atoms with van der Waals surface area (Å²) in [5.74, 6) is -0.371. The summed E-state index contributed by atoms with van der Waals surface area (Å²) in [4.78, 5) is 14.5. The first kappa shape index (κ1) is 26.3. The van der Waals surface area contributed by atoms with E-state index in [2.05, 4.69) is 11.9 Å². The largest absolute Gasteiger partial charge is 0.481 e. The SMILES string of the molecule is CC.CC.CC(CCN(C)C)C(=O)O.CN1CCC(CO)C1. The minimum Gasteiger partial charge on any atom is -0.481 e. The highest BCUT2D eigenvalue weighted by Gasteiger charge is 2.17. The molecule has 136 valence electrons. The lowest BCUT2D eigenvalue weighted by atomic mass is 10.1. The number of rotatable bonds is 5. The van der Waals surface area contributed by atoms with E-state index in [0.717, 1.165) is 26.1 Å². The zero-order chi connectivity index (χ0) is 18.1. The summed E-state index contributed by atoms with van der Waals surface area (Å²) in [5, 5.41) is 17.1. The highest BCUT2D eigenvalue weighted by Crippen LogP contribution is 2.12. The van der Waals surface area contributed by atoms with E-state index in [1.54, 1.807) is 6.92 Å². The Balaban J connectivity index is -0.000000270. The van der Waals surface area contributed by atoms with E-state index in [9.17, 15) is 4.79 Å². The Morgan fingerprint density at radius 1 is 1.27 bits per heavy atom. The van der Waals surface area contributed by atoms with Gasteiger partial charge < -0.3 is 20.0 Å². The Hall–Kier alpha value is -0.650. The summed E-state index contributed by atoms with van der Waals surface area (Å²) >= 11 is 0. The van der Waals surface area contributed by atoms with Crippen molar-refractivity contribution in [1.29, 1.82) is 0 Å². The Morgan fingerprint density at radius 2 is 1.77 bits per heavy atom. The van der Waals surface area contributed by atoms with Crippen molar-refractivity contribution in [2.24, 2.45) is 11.8 Å². The van der Waals surface area contributed by atoms with Gasteiger partial charge in [-0.25, -0.2) is 0 Å². The average molecular weight is 321 g/mol. The van der Waals surface area contributed by atoms with Gasteiger partial charge in [0, 0.05) is 13.2 Å². The first-order valence-electron chi connectivity index (χ1n) is 8.53. The molecule has 2 unspecified atom stereocenters. The Labute approximate surface area is 138 Å². The van der Waals surface area contributed by atoms with E-state index in [4.69, 9.17) is 10.2 Å². The van der Waals surface area contributed by atoms with Crippen LogP contribution in [0, 0.1) is 11.8 Å². The zero-order valence-electron chi connectivity index (χ0n) is 16.1. The summed E-state index contributed by atoms with van der Waals surface area (Å²) < 4.78 is 0.